The van der Waals surface area contributed by atoms with Crippen LogP contribution >= 0.6 is 15.9 Å². The lowest BCUT2D eigenvalue weighted by molar-refractivity contribution is 0.405. The van der Waals surface area contributed by atoms with Crippen LogP contribution in [-0.2, 0) is 0 Å². The maximum atomic E-state index is 12.9. The largest absolute Gasteiger partial charge is 0.494 e. The molecule has 8 heteroatoms. The van der Waals surface area contributed by atoms with Crippen LogP contribution in [0.1, 0.15) is 0 Å². The lowest BCUT2D eigenvalue weighted by atomic mass is 9.79. The Kier molecular flexibility index (Phi) is 3.18. The fourth-order valence-corrected chi connectivity index (χ4v) is 1.24. The molecule has 0 fully saturated rings. The van der Waals surface area contributed by atoms with Gasteiger partial charge in [0.2, 0.25) is 0 Å². The Bertz CT molecular complexity index is 356. The lowest BCUT2D eigenvalue weighted by Crippen LogP contribution is -2.37. The first-order chi connectivity index (χ1) is 6.37. The molecule has 1 rings (SSSR count). The minimum Gasteiger partial charge on any atom is -0.423 e. The van der Waals surface area contributed by atoms with E-state index in [-0.39, 0.29) is 0 Å². The Morgan fingerprint density at radius 3 is 1.79 bits per heavy atom. The molecule has 14 heavy (non-hydrogen) atoms. The first-order valence-corrected chi connectivity index (χ1v) is 4.04. The second kappa shape index (κ2) is 3.88. The van der Waals surface area contributed by atoms with Crippen molar-refractivity contribution < 1.29 is 27.6 Å². The highest BCUT2D eigenvalue weighted by molar-refractivity contribution is 9.10. The summed E-state index contributed by atoms with van der Waals surface area (Å²) in [6.07, 6.45) is 0. The number of hydrogen-bond donors (Lipinski definition) is 2. The van der Waals surface area contributed by atoms with E-state index in [0.29, 0.717) is 0 Å². The van der Waals surface area contributed by atoms with E-state index in [1.54, 1.807) is 0 Å². The topological polar surface area (TPSA) is 40.5 Å². The Hall–Kier alpha value is -0.595. The van der Waals surface area contributed by atoms with Gasteiger partial charge in [0, 0.05) is 0 Å². The van der Waals surface area contributed by atoms with Crippen LogP contribution < -0.4 is 5.46 Å². The van der Waals surface area contributed by atoms with Gasteiger partial charge in [0.25, 0.3) is 0 Å². The molecule has 2 nitrogen and oxygen atoms in total. The minimum absolute atomic E-state index is 0.987. The SMILES string of the molecule is OB(O)c1c(F)c(F)c(F)c(Br)c1F. The summed E-state index contributed by atoms with van der Waals surface area (Å²) < 4.78 is 50.0. The van der Waals surface area contributed by atoms with Gasteiger partial charge < -0.3 is 10.0 Å². The van der Waals surface area contributed by atoms with Crippen LogP contribution in [0, 0.1) is 23.3 Å². The number of benzene rings is 1. The van der Waals surface area contributed by atoms with Crippen molar-refractivity contribution in [3.8, 4) is 0 Å². The van der Waals surface area contributed by atoms with Gasteiger partial charge in [-0.2, -0.15) is 0 Å². The summed E-state index contributed by atoms with van der Waals surface area (Å²) in [5.74, 6) is -7.28. The van der Waals surface area contributed by atoms with Gasteiger partial charge in [-0.15, -0.1) is 0 Å². The Labute approximate surface area is 84.4 Å². The highest BCUT2D eigenvalue weighted by Crippen LogP contribution is 2.22. The molecule has 0 bridgehead atoms. The van der Waals surface area contributed by atoms with Crippen molar-refractivity contribution in [1.82, 2.24) is 0 Å². The van der Waals surface area contributed by atoms with E-state index in [2.05, 4.69) is 15.9 Å². The van der Waals surface area contributed by atoms with Gasteiger partial charge in [0.1, 0.15) is 5.82 Å². The maximum Gasteiger partial charge on any atom is 0.494 e. The quantitative estimate of drug-likeness (QED) is 0.342. The fraction of sp³-hybridized carbons (Fsp3) is 0. The van der Waals surface area contributed by atoms with E-state index in [1.807, 2.05) is 0 Å². The predicted octanol–water partition coefficient (Wildman–Crippen LogP) is 0.685. The smallest absolute Gasteiger partial charge is 0.423 e. The second-order valence-corrected chi connectivity index (χ2v) is 3.15. The number of hydrogen-bond acceptors (Lipinski definition) is 2. The molecule has 0 amide bonds. The van der Waals surface area contributed by atoms with Crippen LogP contribution in [0.4, 0.5) is 17.6 Å². The van der Waals surface area contributed by atoms with Crippen molar-refractivity contribution in [2.75, 3.05) is 0 Å². The van der Waals surface area contributed by atoms with E-state index in [0.717, 1.165) is 0 Å². The highest BCUT2D eigenvalue weighted by Gasteiger charge is 2.30. The third kappa shape index (κ3) is 1.64. The zero-order chi connectivity index (χ0) is 11.0. The van der Waals surface area contributed by atoms with Crippen LogP contribution in [0.3, 0.4) is 0 Å². The maximum absolute atomic E-state index is 12.9. The summed E-state index contributed by atoms with van der Waals surface area (Å²) in [6.45, 7) is 0. The van der Waals surface area contributed by atoms with Crippen LogP contribution in [0.15, 0.2) is 4.47 Å². The summed E-state index contributed by atoms with van der Waals surface area (Å²) in [5.41, 5.74) is -1.34. The Balaban J connectivity index is 3.60. The second-order valence-electron chi connectivity index (χ2n) is 2.36. The monoisotopic (exact) mass is 272 g/mol. The van der Waals surface area contributed by atoms with Crippen LogP contribution in [0.2, 0.25) is 0 Å². The summed E-state index contributed by atoms with van der Waals surface area (Å²) in [4.78, 5) is 0. The molecule has 0 saturated heterocycles. The zero-order valence-corrected chi connectivity index (χ0v) is 7.95. The molecule has 0 aliphatic rings. The van der Waals surface area contributed by atoms with Crippen LogP contribution in [0.5, 0.6) is 0 Å². The third-order valence-corrected chi connectivity index (χ3v) is 2.20. The van der Waals surface area contributed by atoms with Crippen LogP contribution in [-0.4, -0.2) is 17.2 Å². The molecular weight excluding hydrogens is 271 g/mol. The molecule has 0 aromatic heterocycles. The molecule has 0 spiro atoms. The van der Waals surface area contributed by atoms with Gasteiger partial charge in [-0.25, -0.2) is 17.6 Å². The molecule has 1 aromatic carbocycles. The normalized spacial score (nSPS) is 10.5. The summed E-state index contributed by atoms with van der Waals surface area (Å²) in [5, 5.41) is 17.0. The summed E-state index contributed by atoms with van der Waals surface area (Å²) >= 11 is 2.30. The fourth-order valence-electron chi connectivity index (χ4n) is 0.849. The van der Waals surface area contributed by atoms with Crippen molar-refractivity contribution in [2.24, 2.45) is 0 Å². The van der Waals surface area contributed by atoms with Crippen molar-refractivity contribution in [3.63, 3.8) is 0 Å². The molecule has 0 atom stereocenters. The first kappa shape index (κ1) is 11.5. The van der Waals surface area contributed by atoms with Gasteiger partial charge in [0.15, 0.2) is 17.5 Å². The van der Waals surface area contributed by atoms with E-state index in [1.165, 1.54) is 0 Å². The highest BCUT2D eigenvalue weighted by atomic mass is 79.9. The standard InChI is InChI=1S/C6H2BBrF4O2/c8-2-3(9)1(7(13)14)4(10)6(12)5(2)11/h13-14H. The van der Waals surface area contributed by atoms with Crippen molar-refractivity contribution >= 4 is 28.5 Å². The van der Waals surface area contributed by atoms with Gasteiger partial charge in [-0.3, -0.25) is 0 Å². The molecule has 0 saturated carbocycles. The lowest BCUT2D eigenvalue weighted by Gasteiger charge is -2.07. The molecule has 0 unspecified atom stereocenters. The first-order valence-electron chi connectivity index (χ1n) is 3.25. The summed E-state index contributed by atoms with van der Waals surface area (Å²) in [7, 11) is -2.55. The van der Waals surface area contributed by atoms with Crippen LogP contribution in [0.25, 0.3) is 0 Å². The summed E-state index contributed by atoms with van der Waals surface area (Å²) in [6, 6.07) is 0. The van der Waals surface area contributed by atoms with E-state index in [9.17, 15) is 17.6 Å². The molecule has 0 radical (unpaired) electrons. The van der Waals surface area contributed by atoms with E-state index >= 15 is 0 Å². The molecular formula is C6H2BBrF4O2. The van der Waals surface area contributed by atoms with Crippen molar-refractivity contribution in [2.45, 2.75) is 0 Å². The number of halogens is 5. The van der Waals surface area contributed by atoms with Gasteiger partial charge in [0.05, 0.1) is 9.94 Å². The van der Waals surface area contributed by atoms with E-state index in [4.69, 9.17) is 10.0 Å². The number of rotatable bonds is 1. The van der Waals surface area contributed by atoms with Gasteiger partial charge >= 0.3 is 7.12 Å². The minimum atomic E-state index is -2.55. The third-order valence-electron chi connectivity index (χ3n) is 1.50. The average Bonchev–Trinajstić information content (AvgIpc) is 2.11. The Morgan fingerprint density at radius 2 is 1.36 bits per heavy atom. The molecule has 2 N–H and O–H groups in total. The van der Waals surface area contributed by atoms with Crippen molar-refractivity contribution in [1.29, 1.82) is 0 Å². The molecule has 0 aliphatic heterocycles. The van der Waals surface area contributed by atoms with Gasteiger partial charge in [-0.05, 0) is 15.9 Å². The molecule has 76 valence electrons. The molecule has 0 aliphatic carbocycles. The average molecular weight is 273 g/mol. The molecule has 0 heterocycles. The molecule has 1 aromatic rings. The van der Waals surface area contributed by atoms with E-state index < -0.39 is 40.3 Å². The Morgan fingerprint density at radius 1 is 0.857 bits per heavy atom. The van der Waals surface area contributed by atoms with Gasteiger partial charge in [-0.1, -0.05) is 0 Å². The predicted molar refractivity (Wildman–Crippen MR) is 43.8 cm³/mol. The zero-order valence-electron chi connectivity index (χ0n) is 6.36. The van der Waals surface area contributed by atoms with Crippen molar-refractivity contribution in [3.05, 3.63) is 27.7 Å².